The fraction of sp³-hybridized carbons (Fsp3) is 0.304. The van der Waals surface area contributed by atoms with E-state index in [0.29, 0.717) is 42.3 Å². The van der Waals surface area contributed by atoms with E-state index in [1.54, 1.807) is 36.2 Å². The Balaban J connectivity index is 1.46. The van der Waals surface area contributed by atoms with Crippen LogP contribution in [0.4, 0.5) is 0 Å². The summed E-state index contributed by atoms with van der Waals surface area (Å²) in [6.45, 7) is 2.97. The number of benzene rings is 2. The highest BCUT2D eigenvalue weighted by atomic mass is 16.2. The first-order chi connectivity index (χ1) is 14.5. The second-order valence-corrected chi connectivity index (χ2v) is 7.68. The SMILES string of the molecule is Cc1ccccc1C(=O)NC1CCN(C(=O)c2nn(C)c(=O)c3ccccc23)CC1. The number of fused-ring (bicyclic) bond motifs is 1. The van der Waals surface area contributed by atoms with Crippen molar-refractivity contribution in [3.05, 3.63) is 75.7 Å². The van der Waals surface area contributed by atoms with E-state index >= 15 is 0 Å². The van der Waals surface area contributed by atoms with Crippen LogP contribution in [-0.2, 0) is 7.05 Å². The molecule has 0 unspecified atom stereocenters. The highest BCUT2D eigenvalue weighted by Gasteiger charge is 2.27. The number of piperidine rings is 1. The number of nitrogens with zero attached hydrogens (tertiary/aromatic N) is 3. The van der Waals surface area contributed by atoms with Crippen LogP contribution in [0.5, 0.6) is 0 Å². The number of carbonyl (C=O) groups excluding carboxylic acids is 2. The van der Waals surface area contributed by atoms with Gasteiger partial charge in [-0.25, -0.2) is 4.68 Å². The standard InChI is InChI=1S/C23H24N4O3/c1-15-7-3-4-8-17(15)21(28)24-16-11-13-27(14-12-16)23(30)20-18-9-5-6-10-19(18)22(29)26(2)25-20/h3-10,16H,11-14H2,1-2H3,(H,24,28). The Morgan fingerprint density at radius 3 is 2.33 bits per heavy atom. The van der Waals surface area contributed by atoms with Crippen molar-refractivity contribution in [1.29, 1.82) is 0 Å². The molecule has 1 aliphatic heterocycles. The molecular formula is C23H24N4O3. The molecule has 1 fully saturated rings. The predicted octanol–water partition coefficient (Wildman–Crippen LogP) is 2.28. The molecule has 30 heavy (non-hydrogen) atoms. The molecule has 7 nitrogen and oxygen atoms in total. The van der Waals surface area contributed by atoms with Crippen LogP contribution < -0.4 is 10.9 Å². The molecule has 0 radical (unpaired) electrons. The second-order valence-electron chi connectivity index (χ2n) is 7.68. The lowest BCUT2D eigenvalue weighted by atomic mass is 10.0. The van der Waals surface area contributed by atoms with Gasteiger partial charge < -0.3 is 10.2 Å². The quantitative estimate of drug-likeness (QED) is 0.726. The highest BCUT2D eigenvalue weighted by molar-refractivity contribution is 6.04. The maximum atomic E-state index is 13.1. The maximum Gasteiger partial charge on any atom is 0.274 e. The van der Waals surface area contributed by atoms with Crippen LogP contribution in [0.3, 0.4) is 0 Å². The third-order valence-corrected chi connectivity index (χ3v) is 5.67. The fourth-order valence-corrected chi connectivity index (χ4v) is 3.93. The number of hydrogen-bond donors (Lipinski definition) is 1. The average Bonchev–Trinajstić information content (AvgIpc) is 2.76. The molecule has 1 N–H and O–H groups in total. The minimum Gasteiger partial charge on any atom is -0.349 e. The Morgan fingerprint density at radius 2 is 1.63 bits per heavy atom. The van der Waals surface area contributed by atoms with Crippen molar-refractivity contribution >= 4 is 22.6 Å². The van der Waals surface area contributed by atoms with E-state index in [2.05, 4.69) is 10.4 Å². The summed E-state index contributed by atoms with van der Waals surface area (Å²) in [6, 6.07) is 14.6. The van der Waals surface area contributed by atoms with E-state index < -0.39 is 0 Å². The Bertz CT molecular complexity index is 1180. The van der Waals surface area contributed by atoms with Crippen LogP contribution in [0, 0.1) is 6.92 Å². The van der Waals surface area contributed by atoms with Gasteiger partial charge in [-0.05, 0) is 37.5 Å². The Morgan fingerprint density at radius 1 is 1.00 bits per heavy atom. The third kappa shape index (κ3) is 3.70. The average molecular weight is 404 g/mol. The van der Waals surface area contributed by atoms with E-state index in [4.69, 9.17) is 0 Å². The molecule has 3 aromatic rings. The monoisotopic (exact) mass is 404 g/mol. The zero-order valence-corrected chi connectivity index (χ0v) is 17.1. The Labute approximate surface area is 174 Å². The smallest absolute Gasteiger partial charge is 0.274 e. The normalized spacial score (nSPS) is 14.7. The first-order valence-electron chi connectivity index (χ1n) is 10.1. The maximum absolute atomic E-state index is 13.1. The van der Waals surface area contributed by atoms with Gasteiger partial charge in [-0.3, -0.25) is 14.4 Å². The molecule has 4 rings (SSSR count). The number of amides is 2. The minimum absolute atomic E-state index is 0.0194. The molecule has 0 atom stereocenters. The number of likely N-dealkylation sites (tertiary alicyclic amines) is 1. The van der Waals surface area contributed by atoms with Crippen molar-refractivity contribution in [2.45, 2.75) is 25.8 Å². The Kier molecular flexibility index (Phi) is 5.35. The molecule has 0 bridgehead atoms. The molecule has 1 aliphatic rings. The molecule has 0 spiro atoms. The third-order valence-electron chi connectivity index (χ3n) is 5.67. The van der Waals surface area contributed by atoms with Gasteiger partial charge in [-0.2, -0.15) is 5.10 Å². The molecule has 0 saturated carbocycles. The molecular weight excluding hydrogens is 380 g/mol. The molecule has 1 saturated heterocycles. The lowest BCUT2D eigenvalue weighted by molar-refractivity contribution is 0.0692. The topological polar surface area (TPSA) is 84.3 Å². The highest BCUT2D eigenvalue weighted by Crippen LogP contribution is 2.19. The van der Waals surface area contributed by atoms with E-state index in [9.17, 15) is 14.4 Å². The van der Waals surface area contributed by atoms with Gasteiger partial charge in [0.2, 0.25) is 0 Å². The summed E-state index contributed by atoms with van der Waals surface area (Å²) in [5.41, 5.74) is 1.68. The Hall–Kier alpha value is -3.48. The van der Waals surface area contributed by atoms with Crippen LogP contribution in [0.2, 0.25) is 0 Å². The predicted molar refractivity (Wildman–Crippen MR) is 115 cm³/mol. The van der Waals surface area contributed by atoms with Crippen molar-refractivity contribution in [3.8, 4) is 0 Å². The number of rotatable bonds is 3. The molecule has 2 aromatic carbocycles. The number of carbonyl (C=O) groups is 2. The van der Waals surface area contributed by atoms with Crippen molar-refractivity contribution < 1.29 is 9.59 Å². The molecule has 1 aromatic heterocycles. The van der Waals surface area contributed by atoms with E-state index in [-0.39, 0.29) is 29.1 Å². The van der Waals surface area contributed by atoms with Crippen molar-refractivity contribution in [3.63, 3.8) is 0 Å². The molecule has 0 aliphatic carbocycles. The fourth-order valence-electron chi connectivity index (χ4n) is 3.93. The summed E-state index contributed by atoms with van der Waals surface area (Å²) in [4.78, 5) is 39.7. The van der Waals surface area contributed by atoms with Gasteiger partial charge in [0.05, 0.1) is 5.39 Å². The number of aryl methyl sites for hydroxylation is 2. The number of hydrogen-bond acceptors (Lipinski definition) is 4. The molecule has 7 heteroatoms. The second kappa shape index (κ2) is 8.10. The van der Waals surface area contributed by atoms with Gasteiger partial charge in [-0.1, -0.05) is 36.4 Å². The van der Waals surface area contributed by atoms with Gasteiger partial charge in [0, 0.05) is 37.1 Å². The van der Waals surface area contributed by atoms with Crippen molar-refractivity contribution in [2.75, 3.05) is 13.1 Å². The van der Waals surface area contributed by atoms with Crippen molar-refractivity contribution in [2.24, 2.45) is 7.05 Å². The number of aromatic nitrogens is 2. The summed E-state index contributed by atoms with van der Waals surface area (Å²) in [5.74, 6) is -0.269. The summed E-state index contributed by atoms with van der Waals surface area (Å²) in [5, 5.41) is 8.37. The van der Waals surface area contributed by atoms with Gasteiger partial charge in [0.1, 0.15) is 0 Å². The van der Waals surface area contributed by atoms with Crippen LogP contribution in [0.1, 0.15) is 39.3 Å². The van der Waals surface area contributed by atoms with E-state index in [1.165, 1.54) is 4.68 Å². The zero-order chi connectivity index (χ0) is 21.3. The summed E-state index contributed by atoms with van der Waals surface area (Å²) < 4.78 is 1.21. The van der Waals surface area contributed by atoms with Crippen LogP contribution in [0.15, 0.2) is 53.3 Å². The van der Waals surface area contributed by atoms with E-state index in [1.807, 2.05) is 31.2 Å². The minimum atomic E-state index is -0.222. The zero-order valence-electron chi connectivity index (χ0n) is 17.1. The van der Waals surface area contributed by atoms with Crippen molar-refractivity contribution in [1.82, 2.24) is 20.0 Å². The van der Waals surface area contributed by atoms with Gasteiger partial charge in [-0.15, -0.1) is 0 Å². The first-order valence-corrected chi connectivity index (χ1v) is 10.1. The lowest BCUT2D eigenvalue weighted by Crippen LogP contribution is -2.47. The van der Waals surface area contributed by atoms with Crippen LogP contribution in [0.25, 0.3) is 10.8 Å². The van der Waals surface area contributed by atoms with Gasteiger partial charge in [0.15, 0.2) is 5.69 Å². The summed E-state index contributed by atoms with van der Waals surface area (Å²) >= 11 is 0. The van der Waals surface area contributed by atoms with Crippen LogP contribution >= 0.6 is 0 Å². The molecule has 2 amide bonds. The summed E-state index contributed by atoms with van der Waals surface area (Å²) in [7, 11) is 1.55. The summed E-state index contributed by atoms with van der Waals surface area (Å²) in [6.07, 6.45) is 1.35. The molecule has 154 valence electrons. The lowest BCUT2D eigenvalue weighted by Gasteiger charge is -2.32. The first kappa shape index (κ1) is 19.8. The van der Waals surface area contributed by atoms with Gasteiger partial charge in [0.25, 0.3) is 17.4 Å². The van der Waals surface area contributed by atoms with Gasteiger partial charge >= 0.3 is 0 Å². The van der Waals surface area contributed by atoms with Crippen LogP contribution in [-0.4, -0.2) is 45.6 Å². The van der Waals surface area contributed by atoms with E-state index in [0.717, 1.165) is 5.56 Å². The molecule has 2 heterocycles. The number of nitrogens with one attached hydrogen (secondary N) is 1. The largest absolute Gasteiger partial charge is 0.349 e.